The summed E-state index contributed by atoms with van der Waals surface area (Å²) in [6, 6.07) is 0. The average molecular weight is 395 g/mol. The summed E-state index contributed by atoms with van der Waals surface area (Å²) in [4.78, 5) is 24.2. The van der Waals surface area contributed by atoms with Gasteiger partial charge in [0.05, 0.1) is 0 Å². The number of Topliss-reactive ketones (excluding diaryl/α,β-unsaturated/α-hetero) is 2. The Morgan fingerprint density at radius 1 is 0.640 bits per heavy atom. The van der Waals surface area contributed by atoms with Crippen LogP contribution in [0.2, 0.25) is 0 Å². The molecule has 2 fully saturated rings. The standard InChI is InChI=1S/C16H26O7S2/c1-13(17)15(9-5-3-6-10-15)24(19,20)23-25(21,22)16(14(2)18)11-7-4-8-12-16/h3-12H2,1-2H3. The first-order valence-corrected chi connectivity index (χ1v) is 11.5. The van der Waals surface area contributed by atoms with E-state index in [1.165, 1.54) is 0 Å². The molecule has 0 saturated heterocycles. The fourth-order valence-electron chi connectivity index (χ4n) is 4.05. The highest BCUT2D eigenvalue weighted by Crippen LogP contribution is 2.42. The normalized spacial score (nSPS) is 23.8. The van der Waals surface area contributed by atoms with Crippen LogP contribution in [-0.4, -0.2) is 37.9 Å². The van der Waals surface area contributed by atoms with Crippen LogP contribution in [0.15, 0.2) is 0 Å². The lowest BCUT2D eigenvalue weighted by Crippen LogP contribution is -2.53. The summed E-state index contributed by atoms with van der Waals surface area (Å²) in [5.41, 5.74) is 0. The Balaban J connectivity index is 2.44. The molecule has 25 heavy (non-hydrogen) atoms. The van der Waals surface area contributed by atoms with Crippen molar-refractivity contribution in [3.8, 4) is 0 Å². The van der Waals surface area contributed by atoms with E-state index in [9.17, 15) is 26.4 Å². The minimum Gasteiger partial charge on any atom is -0.298 e. The maximum Gasteiger partial charge on any atom is 0.294 e. The summed E-state index contributed by atoms with van der Waals surface area (Å²) >= 11 is 0. The molecule has 2 aliphatic rings. The molecule has 2 saturated carbocycles. The number of carbonyl (C=O) groups is 2. The van der Waals surface area contributed by atoms with Gasteiger partial charge in [0.1, 0.15) is 0 Å². The Hall–Kier alpha value is -0.800. The largest absolute Gasteiger partial charge is 0.298 e. The smallest absolute Gasteiger partial charge is 0.294 e. The minimum absolute atomic E-state index is 0.0489. The third-order valence-electron chi connectivity index (χ3n) is 5.74. The van der Waals surface area contributed by atoms with Gasteiger partial charge in [-0.3, -0.25) is 9.59 Å². The van der Waals surface area contributed by atoms with Crippen LogP contribution in [0.25, 0.3) is 0 Å². The van der Waals surface area contributed by atoms with Crippen LogP contribution >= 0.6 is 0 Å². The molecule has 0 radical (unpaired) electrons. The second-order valence-corrected chi connectivity index (χ2v) is 11.1. The van der Waals surface area contributed by atoms with E-state index in [0.29, 0.717) is 25.7 Å². The zero-order chi connectivity index (χ0) is 18.9. The highest BCUT2D eigenvalue weighted by atomic mass is 32.3. The molecule has 0 spiro atoms. The topological polar surface area (TPSA) is 112 Å². The van der Waals surface area contributed by atoms with E-state index in [4.69, 9.17) is 3.63 Å². The van der Waals surface area contributed by atoms with Gasteiger partial charge in [0.2, 0.25) is 0 Å². The fraction of sp³-hybridized carbons (Fsp3) is 0.875. The van der Waals surface area contributed by atoms with Crippen LogP contribution in [0, 0.1) is 0 Å². The van der Waals surface area contributed by atoms with Crippen LogP contribution in [0.4, 0.5) is 0 Å². The first-order valence-electron chi connectivity index (χ1n) is 8.73. The lowest BCUT2D eigenvalue weighted by Gasteiger charge is -2.36. The first kappa shape index (κ1) is 20.5. The lowest BCUT2D eigenvalue weighted by molar-refractivity contribution is -0.121. The molecule has 0 aromatic rings. The molecule has 0 aliphatic heterocycles. The van der Waals surface area contributed by atoms with Crippen molar-refractivity contribution in [3.05, 3.63) is 0 Å². The number of rotatable bonds is 6. The van der Waals surface area contributed by atoms with Crippen LogP contribution in [0.3, 0.4) is 0 Å². The second kappa shape index (κ2) is 7.08. The van der Waals surface area contributed by atoms with Gasteiger partial charge in [-0.05, 0) is 39.5 Å². The molecule has 0 N–H and O–H groups in total. The number of ketones is 2. The summed E-state index contributed by atoms with van der Waals surface area (Å²) in [7, 11) is -9.43. The van der Waals surface area contributed by atoms with Crippen molar-refractivity contribution in [2.45, 2.75) is 87.5 Å². The lowest BCUT2D eigenvalue weighted by atomic mass is 9.86. The summed E-state index contributed by atoms with van der Waals surface area (Å²) in [5.74, 6) is -1.22. The molecular formula is C16H26O7S2. The van der Waals surface area contributed by atoms with Gasteiger partial charge in [-0.15, -0.1) is 3.63 Å². The molecule has 7 nitrogen and oxygen atoms in total. The van der Waals surface area contributed by atoms with E-state index in [1.807, 2.05) is 0 Å². The Morgan fingerprint density at radius 3 is 1.16 bits per heavy atom. The zero-order valence-corrected chi connectivity index (χ0v) is 16.4. The van der Waals surface area contributed by atoms with Crippen LogP contribution < -0.4 is 0 Å². The highest BCUT2D eigenvalue weighted by molar-refractivity contribution is 8.02. The van der Waals surface area contributed by atoms with Gasteiger partial charge in [0.15, 0.2) is 21.1 Å². The average Bonchev–Trinajstić information content (AvgIpc) is 2.54. The van der Waals surface area contributed by atoms with E-state index in [1.54, 1.807) is 0 Å². The van der Waals surface area contributed by atoms with Crippen LogP contribution in [-0.2, 0) is 33.5 Å². The molecule has 2 aliphatic carbocycles. The van der Waals surface area contributed by atoms with Crippen molar-refractivity contribution in [3.63, 3.8) is 0 Å². The van der Waals surface area contributed by atoms with Gasteiger partial charge in [0, 0.05) is 0 Å². The molecule has 9 heteroatoms. The van der Waals surface area contributed by atoms with Crippen molar-refractivity contribution in [1.82, 2.24) is 0 Å². The summed E-state index contributed by atoms with van der Waals surface area (Å²) in [6.07, 6.45) is 3.82. The quantitative estimate of drug-likeness (QED) is 0.679. The zero-order valence-electron chi connectivity index (χ0n) is 14.7. The predicted octanol–water partition coefficient (Wildman–Crippen LogP) is 2.25. The van der Waals surface area contributed by atoms with Crippen molar-refractivity contribution in [2.24, 2.45) is 0 Å². The Bertz CT molecular complexity index is 673. The number of carbonyl (C=O) groups excluding carboxylic acids is 2. The van der Waals surface area contributed by atoms with E-state index < -0.39 is 41.3 Å². The molecule has 0 amide bonds. The van der Waals surface area contributed by atoms with E-state index in [-0.39, 0.29) is 25.7 Å². The fourth-order valence-corrected chi connectivity index (χ4v) is 8.32. The summed E-state index contributed by atoms with van der Waals surface area (Å²) in [6.45, 7) is 2.31. The third kappa shape index (κ3) is 3.42. The van der Waals surface area contributed by atoms with Crippen LogP contribution in [0.5, 0.6) is 0 Å². The molecule has 2 rings (SSSR count). The van der Waals surface area contributed by atoms with Gasteiger partial charge in [-0.25, -0.2) is 0 Å². The predicted molar refractivity (Wildman–Crippen MR) is 91.9 cm³/mol. The summed E-state index contributed by atoms with van der Waals surface area (Å²) < 4.78 is 52.4. The van der Waals surface area contributed by atoms with Crippen molar-refractivity contribution in [1.29, 1.82) is 0 Å². The van der Waals surface area contributed by atoms with E-state index in [0.717, 1.165) is 26.7 Å². The van der Waals surface area contributed by atoms with Gasteiger partial charge >= 0.3 is 0 Å². The van der Waals surface area contributed by atoms with Crippen LogP contribution in [0.1, 0.15) is 78.1 Å². The summed E-state index contributed by atoms with van der Waals surface area (Å²) in [5, 5.41) is 0. The highest BCUT2D eigenvalue weighted by Gasteiger charge is 2.57. The monoisotopic (exact) mass is 394 g/mol. The maximum atomic E-state index is 12.8. The molecule has 0 aromatic carbocycles. The van der Waals surface area contributed by atoms with Crippen molar-refractivity contribution < 1.29 is 30.1 Å². The maximum absolute atomic E-state index is 12.8. The van der Waals surface area contributed by atoms with Crippen molar-refractivity contribution in [2.75, 3.05) is 0 Å². The van der Waals surface area contributed by atoms with Gasteiger partial charge in [-0.2, -0.15) is 16.8 Å². The molecule has 0 aromatic heterocycles. The molecule has 0 bridgehead atoms. The third-order valence-corrected chi connectivity index (χ3v) is 10.5. The Labute approximate surface area is 149 Å². The van der Waals surface area contributed by atoms with Gasteiger partial charge in [-0.1, -0.05) is 38.5 Å². The Morgan fingerprint density at radius 2 is 0.920 bits per heavy atom. The second-order valence-electron chi connectivity index (χ2n) is 7.20. The number of hydrogen-bond acceptors (Lipinski definition) is 7. The molecule has 0 atom stereocenters. The Kier molecular flexibility index (Phi) is 5.80. The molecule has 144 valence electrons. The number of hydrogen-bond donors (Lipinski definition) is 0. The van der Waals surface area contributed by atoms with Crippen molar-refractivity contribution >= 4 is 31.8 Å². The van der Waals surface area contributed by atoms with E-state index in [2.05, 4.69) is 0 Å². The minimum atomic E-state index is -4.71. The SMILES string of the molecule is CC(=O)C1(S(=O)(=O)OS(=O)(=O)C2(C(C)=O)CCCCC2)CCCCC1. The molecular weight excluding hydrogens is 368 g/mol. The van der Waals surface area contributed by atoms with Gasteiger partial charge in [0.25, 0.3) is 20.2 Å². The van der Waals surface area contributed by atoms with Gasteiger partial charge < -0.3 is 0 Å². The molecule has 0 heterocycles. The van der Waals surface area contributed by atoms with E-state index >= 15 is 0 Å². The molecule has 0 unspecified atom stereocenters. The first-order chi connectivity index (χ1) is 11.5.